The van der Waals surface area contributed by atoms with E-state index < -0.39 is 0 Å². The Kier molecular flexibility index (Phi) is 5.36. The van der Waals surface area contributed by atoms with Crippen molar-refractivity contribution in [3.8, 4) is 9.88 Å². The molecule has 0 spiro atoms. The van der Waals surface area contributed by atoms with E-state index in [0.717, 1.165) is 27.7 Å². The van der Waals surface area contributed by atoms with Crippen LogP contribution >= 0.6 is 22.7 Å². The first-order valence-corrected chi connectivity index (χ1v) is 10.6. The maximum atomic E-state index is 12.9. The van der Waals surface area contributed by atoms with Crippen molar-refractivity contribution in [2.45, 2.75) is 20.0 Å². The molecule has 0 N–H and O–H groups in total. The Labute approximate surface area is 171 Å². The number of hydrogen-bond donors (Lipinski definition) is 0. The van der Waals surface area contributed by atoms with Gasteiger partial charge in [0.25, 0.3) is 5.91 Å². The highest BCUT2D eigenvalue weighted by Gasteiger charge is 2.20. The number of thiazole rings is 1. The molecule has 0 atom stereocenters. The van der Waals surface area contributed by atoms with Crippen LogP contribution in [-0.2, 0) is 13.1 Å². The molecule has 7 heteroatoms. The second-order valence-corrected chi connectivity index (χ2v) is 8.55. The number of hydrogen-bond acceptors (Lipinski definition) is 5. The monoisotopic (exact) mass is 408 g/mol. The molecule has 0 fully saturated rings. The second-order valence-electron chi connectivity index (χ2n) is 6.60. The van der Waals surface area contributed by atoms with Crippen molar-refractivity contribution in [2.75, 3.05) is 7.05 Å². The topological polar surface area (TPSA) is 51.0 Å². The minimum absolute atomic E-state index is 0.00591. The number of aryl methyl sites for hydroxylation is 1. The Balaban J connectivity index is 1.44. The van der Waals surface area contributed by atoms with Crippen LogP contribution in [0, 0.1) is 6.92 Å². The molecule has 0 bridgehead atoms. The van der Waals surface area contributed by atoms with Crippen LogP contribution in [0.2, 0.25) is 0 Å². The van der Waals surface area contributed by atoms with Gasteiger partial charge in [0.15, 0.2) is 0 Å². The Bertz CT molecular complexity index is 1070. The van der Waals surface area contributed by atoms with Gasteiger partial charge in [0, 0.05) is 25.4 Å². The van der Waals surface area contributed by atoms with E-state index in [1.54, 1.807) is 16.2 Å². The first kappa shape index (κ1) is 18.6. The van der Waals surface area contributed by atoms with Crippen LogP contribution < -0.4 is 0 Å². The van der Waals surface area contributed by atoms with E-state index in [4.69, 9.17) is 0 Å². The predicted molar refractivity (Wildman–Crippen MR) is 114 cm³/mol. The lowest BCUT2D eigenvalue weighted by molar-refractivity contribution is 0.0789. The van der Waals surface area contributed by atoms with E-state index in [1.165, 1.54) is 16.9 Å². The van der Waals surface area contributed by atoms with Gasteiger partial charge in [-0.25, -0.2) is 4.98 Å². The minimum atomic E-state index is -0.00591. The zero-order valence-corrected chi connectivity index (χ0v) is 17.3. The maximum Gasteiger partial charge on any atom is 0.265 e. The molecule has 142 valence electrons. The fourth-order valence-corrected chi connectivity index (χ4v) is 4.82. The minimum Gasteiger partial charge on any atom is -0.337 e. The van der Waals surface area contributed by atoms with Gasteiger partial charge in [0.1, 0.15) is 9.88 Å². The lowest BCUT2D eigenvalue weighted by Gasteiger charge is -2.15. The third-order valence-corrected chi connectivity index (χ3v) is 6.55. The summed E-state index contributed by atoms with van der Waals surface area (Å²) in [4.78, 5) is 21.0. The predicted octanol–water partition coefficient (Wildman–Crippen LogP) is 4.70. The number of carbonyl (C=O) groups is 1. The molecule has 28 heavy (non-hydrogen) atoms. The largest absolute Gasteiger partial charge is 0.337 e. The zero-order valence-electron chi connectivity index (χ0n) is 15.7. The van der Waals surface area contributed by atoms with E-state index >= 15 is 0 Å². The van der Waals surface area contributed by atoms with E-state index in [0.29, 0.717) is 11.4 Å². The van der Waals surface area contributed by atoms with Crippen LogP contribution in [0.1, 0.15) is 26.5 Å². The van der Waals surface area contributed by atoms with E-state index in [9.17, 15) is 4.79 Å². The van der Waals surface area contributed by atoms with E-state index in [-0.39, 0.29) is 5.91 Å². The normalized spacial score (nSPS) is 10.9. The average molecular weight is 409 g/mol. The van der Waals surface area contributed by atoms with E-state index in [2.05, 4.69) is 22.2 Å². The van der Waals surface area contributed by atoms with Crippen LogP contribution in [0.15, 0.2) is 60.2 Å². The van der Waals surface area contributed by atoms with Crippen molar-refractivity contribution >= 4 is 28.6 Å². The highest BCUT2D eigenvalue weighted by Crippen LogP contribution is 2.31. The molecule has 4 aromatic rings. The van der Waals surface area contributed by atoms with E-state index in [1.807, 2.05) is 66.8 Å². The summed E-state index contributed by atoms with van der Waals surface area (Å²) in [5.41, 5.74) is 2.99. The summed E-state index contributed by atoms with van der Waals surface area (Å²) < 4.78 is 1.90. The summed E-state index contributed by atoms with van der Waals surface area (Å²) in [7, 11) is 1.82. The van der Waals surface area contributed by atoms with Gasteiger partial charge in [-0.2, -0.15) is 5.10 Å². The first-order chi connectivity index (χ1) is 13.6. The molecule has 4 rings (SSSR count). The Hall–Kier alpha value is -2.77. The van der Waals surface area contributed by atoms with Gasteiger partial charge >= 0.3 is 0 Å². The molecular formula is C21H20N4OS2. The maximum absolute atomic E-state index is 12.9. The van der Waals surface area contributed by atoms with Crippen molar-refractivity contribution in [2.24, 2.45) is 0 Å². The quantitative estimate of drug-likeness (QED) is 0.465. The summed E-state index contributed by atoms with van der Waals surface area (Å²) in [6, 6.07) is 14.2. The summed E-state index contributed by atoms with van der Waals surface area (Å²) >= 11 is 3.09. The number of carbonyl (C=O) groups excluding carboxylic acids is 1. The van der Waals surface area contributed by atoms with Crippen LogP contribution in [0.3, 0.4) is 0 Å². The van der Waals surface area contributed by atoms with Crippen LogP contribution in [0.4, 0.5) is 0 Å². The Morgan fingerprint density at radius 3 is 2.71 bits per heavy atom. The zero-order chi connectivity index (χ0) is 19.5. The van der Waals surface area contributed by atoms with Crippen LogP contribution in [0.25, 0.3) is 9.88 Å². The molecule has 0 saturated heterocycles. The van der Waals surface area contributed by atoms with Gasteiger partial charge < -0.3 is 4.90 Å². The number of aromatic nitrogens is 3. The van der Waals surface area contributed by atoms with Gasteiger partial charge in [0.05, 0.1) is 23.3 Å². The fourth-order valence-electron chi connectivity index (χ4n) is 2.96. The highest BCUT2D eigenvalue weighted by atomic mass is 32.1. The first-order valence-electron chi connectivity index (χ1n) is 8.92. The second kappa shape index (κ2) is 8.08. The van der Waals surface area contributed by atoms with Crippen molar-refractivity contribution in [3.63, 3.8) is 0 Å². The molecule has 0 aliphatic heterocycles. The van der Waals surface area contributed by atoms with Crippen molar-refractivity contribution < 1.29 is 4.79 Å². The number of thiophene rings is 1. The third-order valence-electron chi connectivity index (χ3n) is 4.36. The number of amides is 1. The third kappa shape index (κ3) is 4.05. The molecule has 3 heterocycles. The molecule has 0 aliphatic carbocycles. The standard InChI is InChI=1S/C21H20N4OS2/c1-15-19(28-20(23-15)18-9-6-10-27-18)21(26)24(2)12-17-11-22-25(14-17)13-16-7-4-3-5-8-16/h3-11,14H,12-13H2,1-2H3. The van der Waals surface area contributed by atoms with Gasteiger partial charge in [-0.1, -0.05) is 36.4 Å². The highest BCUT2D eigenvalue weighted by molar-refractivity contribution is 7.22. The van der Waals surface area contributed by atoms with Crippen molar-refractivity contribution in [1.82, 2.24) is 19.7 Å². The molecule has 0 unspecified atom stereocenters. The molecule has 0 radical (unpaired) electrons. The van der Waals surface area contributed by atoms with Crippen molar-refractivity contribution in [3.05, 3.63) is 81.9 Å². The summed E-state index contributed by atoms with van der Waals surface area (Å²) in [5.74, 6) is -0.00591. The van der Waals surface area contributed by atoms with Crippen molar-refractivity contribution in [1.29, 1.82) is 0 Å². The molecule has 3 aromatic heterocycles. The molecule has 1 aromatic carbocycles. The average Bonchev–Trinajstić information content (AvgIpc) is 3.43. The number of rotatable bonds is 6. The molecule has 0 saturated carbocycles. The van der Waals surface area contributed by atoms with Gasteiger partial charge in [-0.3, -0.25) is 9.48 Å². The van der Waals surface area contributed by atoms with Gasteiger partial charge in [0.2, 0.25) is 0 Å². The summed E-state index contributed by atoms with van der Waals surface area (Å²) in [6.07, 6.45) is 3.82. The molecular weight excluding hydrogens is 388 g/mol. The fraction of sp³-hybridized carbons (Fsp3) is 0.190. The lowest BCUT2D eigenvalue weighted by atomic mass is 10.2. The number of benzene rings is 1. The smallest absolute Gasteiger partial charge is 0.265 e. The van der Waals surface area contributed by atoms with Gasteiger partial charge in [-0.05, 0) is 23.9 Å². The lowest BCUT2D eigenvalue weighted by Crippen LogP contribution is -2.25. The summed E-state index contributed by atoms with van der Waals surface area (Å²) in [5, 5.41) is 7.35. The van der Waals surface area contributed by atoms with Crippen LogP contribution in [0.5, 0.6) is 0 Å². The van der Waals surface area contributed by atoms with Gasteiger partial charge in [-0.15, -0.1) is 22.7 Å². The number of nitrogens with zero attached hydrogens (tertiary/aromatic N) is 4. The molecule has 1 amide bonds. The summed E-state index contributed by atoms with van der Waals surface area (Å²) in [6.45, 7) is 3.13. The molecule has 5 nitrogen and oxygen atoms in total. The SMILES string of the molecule is Cc1nc(-c2cccs2)sc1C(=O)N(C)Cc1cnn(Cc2ccccc2)c1. The Morgan fingerprint density at radius 2 is 1.96 bits per heavy atom. The van der Waals surface area contributed by atoms with Crippen LogP contribution in [-0.4, -0.2) is 32.6 Å². The Morgan fingerprint density at radius 1 is 1.14 bits per heavy atom. The molecule has 0 aliphatic rings.